The monoisotopic (exact) mass is 271 g/mol. The maximum absolute atomic E-state index is 9.90. The zero-order chi connectivity index (χ0) is 14.8. The zero-order valence-corrected chi connectivity index (χ0v) is 12.4. The van der Waals surface area contributed by atoms with Gasteiger partial charge in [0.25, 0.3) is 0 Å². The van der Waals surface area contributed by atoms with E-state index in [9.17, 15) is 5.11 Å². The second-order valence-corrected chi connectivity index (χ2v) is 5.77. The van der Waals surface area contributed by atoms with Crippen molar-refractivity contribution in [3.63, 3.8) is 0 Å². The van der Waals surface area contributed by atoms with Crippen LogP contribution < -0.4 is 4.74 Å². The fraction of sp³-hybridized carbons (Fsp3) is 0.353. The van der Waals surface area contributed by atoms with Crippen molar-refractivity contribution in [2.24, 2.45) is 0 Å². The largest absolute Gasteiger partial charge is 0.439 e. The summed E-state index contributed by atoms with van der Waals surface area (Å²) in [4.78, 5) is 4.29. The summed E-state index contributed by atoms with van der Waals surface area (Å²) >= 11 is 0. The van der Waals surface area contributed by atoms with Crippen LogP contribution in [0, 0.1) is 0 Å². The molecule has 0 aliphatic heterocycles. The third-order valence-corrected chi connectivity index (χ3v) is 3.21. The molecule has 1 aromatic carbocycles. The van der Waals surface area contributed by atoms with Crippen molar-refractivity contribution >= 4 is 0 Å². The first-order valence-corrected chi connectivity index (χ1v) is 6.83. The molecule has 0 amide bonds. The van der Waals surface area contributed by atoms with Gasteiger partial charge in [-0.05, 0) is 43.0 Å². The molecule has 0 saturated carbocycles. The standard InChI is InChI=1S/C17H21NO2/c1-12(2)13-5-10-16(18-11-13)20-15-8-6-14(7-9-15)17(3,4)19/h5-12,19H,1-4H3. The molecule has 0 aliphatic carbocycles. The van der Waals surface area contributed by atoms with Gasteiger partial charge in [-0.1, -0.05) is 32.0 Å². The van der Waals surface area contributed by atoms with E-state index in [1.54, 1.807) is 13.8 Å². The fourth-order valence-electron chi connectivity index (χ4n) is 1.85. The third kappa shape index (κ3) is 3.58. The van der Waals surface area contributed by atoms with Crippen LogP contribution in [0.3, 0.4) is 0 Å². The maximum Gasteiger partial charge on any atom is 0.219 e. The number of nitrogens with zero attached hydrogens (tertiary/aromatic N) is 1. The minimum atomic E-state index is -0.838. The summed E-state index contributed by atoms with van der Waals surface area (Å²) in [5.74, 6) is 1.75. The Morgan fingerprint density at radius 3 is 2.15 bits per heavy atom. The highest BCUT2D eigenvalue weighted by atomic mass is 16.5. The van der Waals surface area contributed by atoms with E-state index in [2.05, 4.69) is 18.8 Å². The van der Waals surface area contributed by atoms with Gasteiger partial charge in [0.15, 0.2) is 0 Å². The van der Waals surface area contributed by atoms with Crippen molar-refractivity contribution < 1.29 is 9.84 Å². The molecule has 1 N–H and O–H groups in total. The molecular weight excluding hydrogens is 250 g/mol. The first-order valence-electron chi connectivity index (χ1n) is 6.83. The van der Waals surface area contributed by atoms with Crippen molar-refractivity contribution in [1.29, 1.82) is 0 Å². The summed E-state index contributed by atoms with van der Waals surface area (Å²) in [6, 6.07) is 11.3. The van der Waals surface area contributed by atoms with Crippen LogP contribution in [0.25, 0.3) is 0 Å². The van der Waals surface area contributed by atoms with E-state index in [4.69, 9.17) is 4.74 Å². The first kappa shape index (κ1) is 14.5. The van der Waals surface area contributed by atoms with Gasteiger partial charge in [-0.3, -0.25) is 0 Å². The number of rotatable bonds is 4. The van der Waals surface area contributed by atoms with Gasteiger partial charge in [-0.25, -0.2) is 4.98 Å². The summed E-state index contributed by atoms with van der Waals surface area (Å²) in [5.41, 5.74) is 1.21. The molecule has 20 heavy (non-hydrogen) atoms. The average molecular weight is 271 g/mol. The van der Waals surface area contributed by atoms with Crippen molar-refractivity contribution in [3.05, 3.63) is 53.7 Å². The van der Waals surface area contributed by atoms with E-state index in [0.29, 0.717) is 17.5 Å². The van der Waals surface area contributed by atoms with E-state index in [1.807, 2.05) is 42.6 Å². The fourth-order valence-corrected chi connectivity index (χ4v) is 1.85. The van der Waals surface area contributed by atoms with E-state index in [0.717, 1.165) is 5.56 Å². The van der Waals surface area contributed by atoms with Gasteiger partial charge in [0, 0.05) is 12.3 Å². The SMILES string of the molecule is CC(C)c1ccc(Oc2ccc(C(C)(C)O)cc2)nc1. The third-order valence-electron chi connectivity index (χ3n) is 3.21. The first-order chi connectivity index (χ1) is 9.36. The molecule has 0 radical (unpaired) electrons. The van der Waals surface area contributed by atoms with Crippen molar-refractivity contribution in [3.8, 4) is 11.6 Å². The van der Waals surface area contributed by atoms with Gasteiger partial charge in [-0.15, -0.1) is 0 Å². The molecule has 0 aliphatic rings. The molecular formula is C17H21NO2. The predicted octanol–water partition coefficient (Wildman–Crippen LogP) is 4.22. The second-order valence-electron chi connectivity index (χ2n) is 5.77. The predicted molar refractivity (Wildman–Crippen MR) is 80.1 cm³/mol. The summed E-state index contributed by atoms with van der Waals surface area (Å²) < 4.78 is 5.69. The van der Waals surface area contributed by atoms with Crippen LogP contribution in [0.4, 0.5) is 0 Å². The van der Waals surface area contributed by atoms with Crippen LogP contribution >= 0.6 is 0 Å². The maximum atomic E-state index is 9.90. The molecule has 0 spiro atoms. The molecule has 0 fully saturated rings. The Labute approximate surface area is 120 Å². The van der Waals surface area contributed by atoms with Crippen LogP contribution in [0.15, 0.2) is 42.6 Å². The minimum Gasteiger partial charge on any atom is -0.439 e. The number of aliphatic hydroxyl groups is 1. The molecule has 1 heterocycles. The lowest BCUT2D eigenvalue weighted by atomic mass is 9.99. The molecule has 1 aromatic heterocycles. The van der Waals surface area contributed by atoms with Crippen LogP contribution in [0.1, 0.15) is 44.7 Å². The number of aromatic nitrogens is 1. The van der Waals surface area contributed by atoms with E-state index in [-0.39, 0.29) is 0 Å². The van der Waals surface area contributed by atoms with Gasteiger partial charge in [0.05, 0.1) is 5.60 Å². The van der Waals surface area contributed by atoms with Crippen molar-refractivity contribution in [1.82, 2.24) is 4.98 Å². The van der Waals surface area contributed by atoms with Crippen LogP contribution in [0.5, 0.6) is 11.6 Å². The quantitative estimate of drug-likeness (QED) is 0.905. The Hall–Kier alpha value is -1.87. The Bertz CT molecular complexity index is 551. The van der Waals surface area contributed by atoms with E-state index >= 15 is 0 Å². The lowest BCUT2D eigenvalue weighted by Gasteiger charge is -2.17. The minimum absolute atomic E-state index is 0.461. The Morgan fingerprint density at radius 1 is 1.05 bits per heavy atom. The molecule has 0 bridgehead atoms. The lowest BCUT2D eigenvalue weighted by Crippen LogP contribution is -2.14. The Morgan fingerprint density at radius 2 is 1.70 bits per heavy atom. The second kappa shape index (κ2) is 5.63. The normalized spacial score (nSPS) is 11.7. The van der Waals surface area contributed by atoms with Gasteiger partial charge >= 0.3 is 0 Å². The molecule has 0 unspecified atom stereocenters. The number of pyridine rings is 1. The van der Waals surface area contributed by atoms with Crippen molar-refractivity contribution in [2.75, 3.05) is 0 Å². The summed E-state index contributed by atoms with van der Waals surface area (Å²) in [6.07, 6.45) is 1.84. The van der Waals surface area contributed by atoms with E-state index in [1.165, 1.54) is 5.56 Å². The molecule has 3 nitrogen and oxygen atoms in total. The highest BCUT2D eigenvalue weighted by Crippen LogP contribution is 2.25. The Kier molecular flexibility index (Phi) is 4.09. The Balaban J connectivity index is 2.10. The topological polar surface area (TPSA) is 42.4 Å². The highest BCUT2D eigenvalue weighted by molar-refractivity contribution is 5.33. The van der Waals surface area contributed by atoms with Crippen LogP contribution in [-0.2, 0) is 5.60 Å². The van der Waals surface area contributed by atoms with E-state index < -0.39 is 5.60 Å². The molecule has 2 aromatic rings. The van der Waals surface area contributed by atoms with Crippen LogP contribution in [-0.4, -0.2) is 10.1 Å². The highest BCUT2D eigenvalue weighted by Gasteiger charge is 2.15. The zero-order valence-electron chi connectivity index (χ0n) is 12.4. The molecule has 2 rings (SSSR count). The summed E-state index contributed by atoms with van der Waals surface area (Å²) in [7, 11) is 0. The van der Waals surface area contributed by atoms with Gasteiger partial charge < -0.3 is 9.84 Å². The van der Waals surface area contributed by atoms with Gasteiger partial charge in [0.1, 0.15) is 5.75 Å². The lowest BCUT2D eigenvalue weighted by molar-refractivity contribution is 0.0786. The van der Waals surface area contributed by atoms with Crippen LogP contribution in [0.2, 0.25) is 0 Å². The number of benzene rings is 1. The molecule has 3 heteroatoms. The molecule has 106 valence electrons. The summed E-state index contributed by atoms with van der Waals surface area (Å²) in [5, 5.41) is 9.90. The molecule has 0 atom stereocenters. The molecule has 0 saturated heterocycles. The van der Waals surface area contributed by atoms with Gasteiger partial charge in [0.2, 0.25) is 5.88 Å². The number of hydrogen-bond acceptors (Lipinski definition) is 3. The average Bonchev–Trinajstić information content (AvgIpc) is 2.39. The van der Waals surface area contributed by atoms with Gasteiger partial charge in [-0.2, -0.15) is 0 Å². The summed E-state index contributed by atoms with van der Waals surface area (Å²) in [6.45, 7) is 7.78. The smallest absolute Gasteiger partial charge is 0.219 e. The van der Waals surface area contributed by atoms with Crippen molar-refractivity contribution in [2.45, 2.75) is 39.2 Å². The number of ether oxygens (including phenoxy) is 1. The number of hydrogen-bond donors (Lipinski definition) is 1.